The van der Waals surface area contributed by atoms with Crippen LogP contribution in [0.5, 0.6) is 0 Å². The van der Waals surface area contributed by atoms with Crippen molar-refractivity contribution in [3.63, 3.8) is 0 Å². The Kier molecular flexibility index (Phi) is 5.19. The van der Waals surface area contributed by atoms with E-state index in [1.54, 1.807) is 0 Å². The molecule has 0 aliphatic carbocycles. The molecule has 1 aromatic rings. The zero-order chi connectivity index (χ0) is 14.7. The first-order valence-corrected chi connectivity index (χ1v) is 7.79. The molecule has 0 bridgehead atoms. The van der Waals surface area contributed by atoms with Crippen LogP contribution in [-0.4, -0.2) is 48.6 Å². The molecule has 1 fully saturated rings. The average molecular weight is 275 g/mol. The molecule has 112 valence electrons. The van der Waals surface area contributed by atoms with Crippen molar-refractivity contribution in [3.05, 3.63) is 35.4 Å². The lowest BCUT2D eigenvalue weighted by molar-refractivity contribution is 0.0549. The van der Waals surface area contributed by atoms with Crippen LogP contribution >= 0.6 is 0 Å². The maximum atomic E-state index is 6.30. The number of benzene rings is 1. The number of nitrogens with zero attached hydrogens (tertiary/aromatic N) is 2. The van der Waals surface area contributed by atoms with Crippen LogP contribution in [0.15, 0.2) is 24.3 Å². The molecule has 0 amide bonds. The maximum Gasteiger partial charge on any atom is 0.0497 e. The average Bonchev–Trinajstić information content (AvgIpc) is 2.42. The van der Waals surface area contributed by atoms with Crippen LogP contribution in [0.25, 0.3) is 0 Å². The normalized spacial score (nSPS) is 24.6. The van der Waals surface area contributed by atoms with E-state index in [9.17, 15) is 0 Å². The minimum absolute atomic E-state index is 0.151. The van der Waals surface area contributed by atoms with Crippen LogP contribution in [-0.2, 0) is 0 Å². The molecule has 1 aromatic carbocycles. The lowest BCUT2D eigenvalue weighted by atomic mass is 9.96. The molecule has 1 aliphatic rings. The molecular weight excluding hydrogens is 246 g/mol. The molecule has 3 heteroatoms. The van der Waals surface area contributed by atoms with Crippen LogP contribution in [0.2, 0.25) is 0 Å². The Hall–Kier alpha value is -0.900. The molecule has 2 rings (SSSR count). The third kappa shape index (κ3) is 3.40. The number of rotatable bonds is 4. The van der Waals surface area contributed by atoms with E-state index in [2.05, 4.69) is 61.9 Å². The largest absolute Gasteiger partial charge is 0.326 e. The van der Waals surface area contributed by atoms with Crippen LogP contribution in [0.1, 0.15) is 37.4 Å². The fourth-order valence-corrected chi connectivity index (χ4v) is 3.27. The number of nitrogens with two attached hydrogens (primary N) is 1. The zero-order valence-corrected chi connectivity index (χ0v) is 13.3. The van der Waals surface area contributed by atoms with Gasteiger partial charge in [-0.3, -0.25) is 4.90 Å². The van der Waals surface area contributed by atoms with E-state index in [1.165, 1.54) is 17.5 Å². The third-order valence-electron chi connectivity index (χ3n) is 4.59. The van der Waals surface area contributed by atoms with Crippen molar-refractivity contribution in [1.82, 2.24) is 9.80 Å². The highest BCUT2D eigenvalue weighted by Gasteiger charge is 2.30. The van der Waals surface area contributed by atoms with E-state index in [4.69, 9.17) is 5.73 Å². The van der Waals surface area contributed by atoms with Crippen molar-refractivity contribution in [3.8, 4) is 0 Å². The standard InChI is InChI=1S/C17H29N3/c1-5-16-12-20(11-10-19(16)4)17(14(3)18)15-8-6-13(2)7-9-15/h6-9,14,16-17H,5,10-12,18H2,1-4H3. The highest BCUT2D eigenvalue weighted by molar-refractivity contribution is 5.25. The molecule has 0 aromatic heterocycles. The lowest BCUT2D eigenvalue weighted by Gasteiger charge is -2.44. The van der Waals surface area contributed by atoms with Crippen LogP contribution in [0, 0.1) is 6.92 Å². The topological polar surface area (TPSA) is 32.5 Å². The summed E-state index contributed by atoms with van der Waals surface area (Å²) in [5.41, 5.74) is 8.96. The van der Waals surface area contributed by atoms with Gasteiger partial charge in [0.05, 0.1) is 0 Å². The highest BCUT2D eigenvalue weighted by atomic mass is 15.3. The first-order valence-electron chi connectivity index (χ1n) is 7.79. The molecule has 2 N–H and O–H groups in total. The smallest absolute Gasteiger partial charge is 0.0497 e. The van der Waals surface area contributed by atoms with Gasteiger partial charge < -0.3 is 10.6 Å². The van der Waals surface area contributed by atoms with E-state index in [1.807, 2.05) is 0 Å². The van der Waals surface area contributed by atoms with Gasteiger partial charge in [0.15, 0.2) is 0 Å². The van der Waals surface area contributed by atoms with Gasteiger partial charge in [-0.05, 0) is 32.9 Å². The monoisotopic (exact) mass is 275 g/mol. The number of likely N-dealkylation sites (N-methyl/N-ethyl adjacent to an activating group) is 1. The van der Waals surface area contributed by atoms with E-state index < -0.39 is 0 Å². The van der Waals surface area contributed by atoms with Crippen LogP contribution in [0.4, 0.5) is 0 Å². The maximum absolute atomic E-state index is 6.30. The molecule has 3 atom stereocenters. The lowest BCUT2D eigenvalue weighted by Crippen LogP contribution is -2.54. The van der Waals surface area contributed by atoms with E-state index in [0.29, 0.717) is 12.1 Å². The van der Waals surface area contributed by atoms with Gasteiger partial charge >= 0.3 is 0 Å². The van der Waals surface area contributed by atoms with E-state index in [0.717, 1.165) is 19.6 Å². The quantitative estimate of drug-likeness (QED) is 0.916. The summed E-state index contributed by atoms with van der Waals surface area (Å²) in [6, 6.07) is 9.99. The van der Waals surface area contributed by atoms with Gasteiger partial charge in [-0.1, -0.05) is 36.8 Å². The van der Waals surface area contributed by atoms with Gasteiger partial charge in [-0.2, -0.15) is 0 Å². The number of piperazine rings is 1. The molecule has 1 saturated heterocycles. The summed E-state index contributed by atoms with van der Waals surface area (Å²) >= 11 is 0. The Labute approximate surface area is 123 Å². The summed E-state index contributed by atoms with van der Waals surface area (Å²) in [6.07, 6.45) is 1.20. The second-order valence-electron chi connectivity index (χ2n) is 6.25. The highest BCUT2D eigenvalue weighted by Crippen LogP contribution is 2.27. The summed E-state index contributed by atoms with van der Waals surface area (Å²) in [4.78, 5) is 5.05. The number of aryl methyl sites for hydroxylation is 1. The summed E-state index contributed by atoms with van der Waals surface area (Å²) < 4.78 is 0. The van der Waals surface area contributed by atoms with E-state index in [-0.39, 0.29) is 6.04 Å². The Balaban J connectivity index is 2.18. The summed E-state index contributed by atoms with van der Waals surface area (Å²) in [5.74, 6) is 0. The fourth-order valence-electron chi connectivity index (χ4n) is 3.27. The van der Waals surface area contributed by atoms with Gasteiger partial charge in [-0.15, -0.1) is 0 Å². The molecule has 0 saturated carbocycles. The SMILES string of the molecule is CCC1CN(C(c2ccc(C)cc2)C(C)N)CCN1C. The van der Waals surface area contributed by atoms with Crippen molar-refractivity contribution >= 4 is 0 Å². The van der Waals surface area contributed by atoms with Gasteiger partial charge in [0.1, 0.15) is 0 Å². The summed E-state index contributed by atoms with van der Waals surface area (Å²) in [5, 5.41) is 0. The second kappa shape index (κ2) is 6.70. The minimum Gasteiger partial charge on any atom is -0.326 e. The van der Waals surface area contributed by atoms with Gasteiger partial charge in [0.25, 0.3) is 0 Å². The van der Waals surface area contributed by atoms with Crippen molar-refractivity contribution in [2.75, 3.05) is 26.7 Å². The third-order valence-corrected chi connectivity index (χ3v) is 4.59. The summed E-state index contributed by atoms with van der Waals surface area (Å²) in [7, 11) is 2.23. The number of hydrogen-bond acceptors (Lipinski definition) is 3. The van der Waals surface area contributed by atoms with Gasteiger partial charge in [0, 0.05) is 37.8 Å². The number of hydrogen-bond donors (Lipinski definition) is 1. The molecule has 1 aliphatic heterocycles. The predicted molar refractivity (Wildman–Crippen MR) is 85.9 cm³/mol. The Morgan fingerprint density at radius 3 is 2.45 bits per heavy atom. The fraction of sp³-hybridized carbons (Fsp3) is 0.647. The molecule has 3 unspecified atom stereocenters. The van der Waals surface area contributed by atoms with Crippen molar-refractivity contribution in [1.29, 1.82) is 0 Å². The Bertz CT molecular complexity index is 413. The molecule has 1 heterocycles. The minimum atomic E-state index is 0.151. The first-order chi connectivity index (χ1) is 9.52. The van der Waals surface area contributed by atoms with Crippen molar-refractivity contribution < 1.29 is 0 Å². The van der Waals surface area contributed by atoms with Crippen molar-refractivity contribution in [2.45, 2.75) is 45.3 Å². The zero-order valence-electron chi connectivity index (χ0n) is 13.3. The molecule has 0 spiro atoms. The van der Waals surface area contributed by atoms with Gasteiger partial charge in [-0.25, -0.2) is 0 Å². The predicted octanol–water partition coefficient (Wildman–Crippen LogP) is 2.41. The molecule has 20 heavy (non-hydrogen) atoms. The molecular formula is C17H29N3. The second-order valence-corrected chi connectivity index (χ2v) is 6.25. The van der Waals surface area contributed by atoms with Crippen LogP contribution < -0.4 is 5.73 Å². The first kappa shape index (κ1) is 15.5. The molecule has 3 nitrogen and oxygen atoms in total. The Morgan fingerprint density at radius 2 is 1.90 bits per heavy atom. The van der Waals surface area contributed by atoms with Crippen molar-refractivity contribution in [2.24, 2.45) is 5.73 Å². The molecule has 0 radical (unpaired) electrons. The Morgan fingerprint density at radius 1 is 1.25 bits per heavy atom. The van der Waals surface area contributed by atoms with E-state index >= 15 is 0 Å². The van der Waals surface area contributed by atoms with Gasteiger partial charge in [0.2, 0.25) is 0 Å². The summed E-state index contributed by atoms with van der Waals surface area (Å²) in [6.45, 7) is 9.89. The van der Waals surface area contributed by atoms with Crippen LogP contribution in [0.3, 0.4) is 0 Å².